The first-order chi connectivity index (χ1) is 13.9. The van der Waals surface area contributed by atoms with Gasteiger partial charge in [-0.1, -0.05) is 30.3 Å². The second kappa shape index (κ2) is 9.09. The van der Waals surface area contributed by atoms with Gasteiger partial charge in [0, 0.05) is 36.7 Å². The van der Waals surface area contributed by atoms with E-state index in [-0.39, 0.29) is 17.2 Å². The maximum absolute atomic E-state index is 13.7. The number of aromatic nitrogens is 1. The standard InChI is InChI=1S/C21H25FN4O2S/c1-15-16(17-7-3-5-9-19(17)26-15)11-12-24-21(23-2)25-13-14-29(27,28)20-10-6-4-8-18(20)22/h3-10,26H,11-14H2,1-2H3,(H2,23,24,25). The Morgan fingerprint density at radius 3 is 2.52 bits per heavy atom. The van der Waals surface area contributed by atoms with Crippen LogP contribution in [0.4, 0.5) is 4.39 Å². The third kappa shape index (κ3) is 4.95. The average molecular weight is 417 g/mol. The lowest BCUT2D eigenvalue weighted by Gasteiger charge is -2.12. The molecule has 6 nitrogen and oxygen atoms in total. The first-order valence-electron chi connectivity index (χ1n) is 9.40. The summed E-state index contributed by atoms with van der Waals surface area (Å²) in [6.45, 7) is 2.82. The van der Waals surface area contributed by atoms with Gasteiger partial charge in [0.05, 0.1) is 5.75 Å². The SMILES string of the molecule is CN=C(NCCc1c(C)[nH]c2ccccc12)NCCS(=O)(=O)c1ccccc1F. The smallest absolute Gasteiger partial charge is 0.191 e. The molecule has 0 atom stereocenters. The minimum Gasteiger partial charge on any atom is -0.358 e. The first kappa shape index (κ1) is 20.9. The fraction of sp³-hybridized carbons (Fsp3) is 0.286. The number of benzene rings is 2. The highest BCUT2D eigenvalue weighted by atomic mass is 32.2. The molecule has 0 radical (unpaired) electrons. The van der Waals surface area contributed by atoms with Crippen molar-refractivity contribution >= 4 is 26.7 Å². The summed E-state index contributed by atoms with van der Waals surface area (Å²) in [7, 11) is -2.08. The van der Waals surface area contributed by atoms with Crippen LogP contribution in [0.1, 0.15) is 11.3 Å². The highest BCUT2D eigenvalue weighted by Gasteiger charge is 2.18. The molecular formula is C21H25FN4O2S. The number of H-pyrrole nitrogens is 1. The van der Waals surface area contributed by atoms with Crippen molar-refractivity contribution < 1.29 is 12.8 Å². The molecule has 0 saturated carbocycles. The van der Waals surface area contributed by atoms with Crippen LogP contribution < -0.4 is 10.6 Å². The van der Waals surface area contributed by atoms with Crippen LogP contribution in [0.2, 0.25) is 0 Å². The number of para-hydroxylation sites is 1. The minimum atomic E-state index is -3.71. The molecule has 29 heavy (non-hydrogen) atoms. The van der Waals surface area contributed by atoms with Crippen LogP contribution in [0.15, 0.2) is 58.4 Å². The van der Waals surface area contributed by atoms with E-state index >= 15 is 0 Å². The Kier molecular flexibility index (Phi) is 6.53. The molecule has 1 heterocycles. The summed E-state index contributed by atoms with van der Waals surface area (Å²) in [5, 5.41) is 7.37. The topological polar surface area (TPSA) is 86.3 Å². The van der Waals surface area contributed by atoms with Crippen LogP contribution in [0.3, 0.4) is 0 Å². The minimum absolute atomic E-state index is 0.127. The van der Waals surface area contributed by atoms with E-state index in [1.807, 2.05) is 12.1 Å². The fourth-order valence-corrected chi connectivity index (χ4v) is 4.54. The highest BCUT2D eigenvalue weighted by Crippen LogP contribution is 2.21. The molecule has 8 heteroatoms. The number of fused-ring (bicyclic) bond motifs is 1. The van der Waals surface area contributed by atoms with Crippen molar-refractivity contribution in [3.63, 3.8) is 0 Å². The van der Waals surface area contributed by atoms with E-state index in [0.717, 1.165) is 23.7 Å². The molecule has 0 unspecified atom stereocenters. The number of guanidine groups is 1. The van der Waals surface area contributed by atoms with Crippen molar-refractivity contribution in [3.05, 3.63) is 65.6 Å². The number of rotatable bonds is 7. The van der Waals surface area contributed by atoms with Crippen LogP contribution in [0.5, 0.6) is 0 Å². The van der Waals surface area contributed by atoms with E-state index in [0.29, 0.717) is 12.5 Å². The molecule has 0 aliphatic carbocycles. The number of aromatic amines is 1. The van der Waals surface area contributed by atoms with Crippen molar-refractivity contribution in [3.8, 4) is 0 Å². The second-order valence-electron chi connectivity index (χ2n) is 6.70. The molecule has 3 rings (SSSR count). The second-order valence-corrected chi connectivity index (χ2v) is 8.78. The number of halogens is 1. The molecule has 154 valence electrons. The summed E-state index contributed by atoms with van der Waals surface area (Å²) < 4.78 is 38.4. The molecule has 2 aromatic carbocycles. The van der Waals surface area contributed by atoms with E-state index in [1.54, 1.807) is 7.05 Å². The molecule has 1 aromatic heterocycles. The number of nitrogens with one attached hydrogen (secondary N) is 3. The van der Waals surface area contributed by atoms with E-state index in [1.165, 1.54) is 29.1 Å². The Hall–Kier alpha value is -2.87. The van der Waals surface area contributed by atoms with Gasteiger partial charge in [0.1, 0.15) is 10.7 Å². The maximum atomic E-state index is 13.7. The third-order valence-corrected chi connectivity index (χ3v) is 6.50. The summed E-state index contributed by atoms with van der Waals surface area (Å²) in [6.07, 6.45) is 0.796. The van der Waals surface area contributed by atoms with Crippen molar-refractivity contribution in [1.29, 1.82) is 0 Å². The fourth-order valence-electron chi connectivity index (χ4n) is 3.29. The van der Waals surface area contributed by atoms with Crippen LogP contribution in [-0.4, -0.2) is 45.3 Å². The maximum Gasteiger partial charge on any atom is 0.191 e. The lowest BCUT2D eigenvalue weighted by molar-refractivity contribution is 0.566. The average Bonchev–Trinajstić information content (AvgIpc) is 3.02. The Bertz CT molecular complexity index is 1120. The molecule has 0 bridgehead atoms. The summed E-state index contributed by atoms with van der Waals surface area (Å²) in [6, 6.07) is 13.6. The zero-order chi connectivity index (χ0) is 20.9. The molecule has 3 N–H and O–H groups in total. The van der Waals surface area contributed by atoms with Gasteiger partial charge < -0.3 is 15.6 Å². The third-order valence-electron chi connectivity index (χ3n) is 4.75. The molecular weight excluding hydrogens is 391 g/mol. The van der Waals surface area contributed by atoms with E-state index < -0.39 is 15.7 Å². The van der Waals surface area contributed by atoms with Crippen LogP contribution >= 0.6 is 0 Å². The van der Waals surface area contributed by atoms with E-state index in [2.05, 4.69) is 39.7 Å². The Morgan fingerprint density at radius 1 is 1.07 bits per heavy atom. The summed E-state index contributed by atoms with van der Waals surface area (Å²) in [5.41, 5.74) is 3.48. The van der Waals surface area contributed by atoms with Crippen molar-refractivity contribution in [2.24, 2.45) is 4.99 Å². The lowest BCUT2D eigenvalue weighted by Crippen LogP contribution is -2.40. The quantitative estimate of drug-likeness (QED) is 0.408. The molecule has 0 saturated heterocycles. The Labute approximate surface area is 170 Å². The molecule has 0 amide bonds. The number of hydrogen-bond donors (Lipinski definition) is 3. The predicted molar refractivity (Wildman–Crippen MR) is 115 cm³/mol. The number of hydrogen-bond acceptors (Lipinski definition) is 3. The van der Waals surface area contributed by atoms with Crippen LogP contribution in [-0.2, 0) is 16.3 Å². The summed E-state index contributed by atoms with van der Waals surface area (Å²) in [5.74, 6) is -0.453. The van der Waals surface area contributed by atoms with Crippen LogP contribution in [0, 0.1) is 12.7 Å². The molecule has 0 spiro atoms. The first-order valence-corrected chi connectivity index (χ1v) is 11.1. The number of aryl methyl sites for hydroxylation is 1. The monoisotopic (exact) mass is 416 g/mol. The van der Waals surface area contributed by atoms with Gasteiger partial charge in [0.25, 0.3) is 0 Å². The molecule has 0 aliphatic heterocycles. The summed E-state index contributed by atoms with van der Waals surface area (Å²) in [4.78, 5) is 7.22. The Balaban J connectivity index is 1.52. The zero-order valence-corrected chi connectivity index (χ0v) is 17.3. The van der Waals surface area contributed by atoms with Crippen molar-refractivity contribution in [2.45, 2.75) is 18.2 Å². The van der Waals surface area contributed by atoms with Crippen molar-refractivity contribution in [1.82, 2.24) is 15.6 Å². The van der Waals surface area contributed by atoms with Gasteiger partial charge >= 0.3 is 0 Å². The highest BCUT2D eigenvalue weighted by molar-refractivity contribution is 7.91. The summed E-state index contributed by atoms with van der Waals surface area (Å²) >= 11 is 0. The van der Waals surface area contributed by atoms with Crippen LogP contribution in [0.25, 0.3) is 10.9 Å². The normalized spacial score (nSPS) is 12.3. The van der Waals surface area contributed by atoms with Gasteiger partial charge in [0.2, 0.25) is 0 Å². The zero-order valence-electron chi connectivity index (χ0n) is 16.5. The molecule has 0 fully saturated rings. The van der Waals surface area contributed by atoms with E-state index in [9.17, 15) is 12.8 Å². The van der Waals surface area contributed by atoms with E-state index in [4.69, 9.17) is 0 Å². The predicted octanol–water partition coefficient (Wildman–Crippen LogP) is 2.80. The van der Waals surface area contributed by atoms with Gasteiger partial charge in [-0.3, -0.25) is 4.99 Å². The molecule has 3 aromatic rings. The number of aliphatic imine (C=N–C) groups is 1. The lowest BCUT2D eigenvalue weighted by atomic mass is 10.1. The van der Waals surface area contributed by atoms with Gasteiger partial charge in [-0.05, 0) is 37.1 Å². The number of sulfone groups is 1. The number of nitrogens with zero attached hydrogens (tertiary/aromatic N) is 1. The van der Waals surface area contributed by atoms with Gasteiger partial charge in [-0.15, -0.1) is 0 Å². The Morgan fingerprint density at radius 2 is 1.76 bits per heavy atom. The van der Waals surface area contributed by atoms with Gasteiger partial charge in [-0.25, -0.2) is 12.8 Å². The van der Waals surface area contributed by atoms with Gasteiger partial charge in [-0.2, -0.15) is 0 Å². The van der Waals surface area contributed by atoms with Gasteiger partial charge in [0.15, 0.2) is 15.8 Å². The largest absolute Gasteiger partial charge is 0.358 e. The van der Waals surface area contributed by atoms with Crippen molar-refractivity contribution in [2.75, 3.05) is 25.9 Å². The molecule has 0 aliphatic rings.